The molecule has 136 valence electrons. The average Bonchev–Trinajstić information content (AvgIpc) is 3.15. The molecule has 0 bridgehead atoms. The number of fused-ring (bicyclic) bond motifs is 1. The number of imide groups is 1. The zero-order valence-electron chi connectivity index (χ0n) is 13.4. The highest BCUT2D eigenvalue weighted by Crippen LogP contribution is 2.26. The smallest absolute Gasteiger partial charge is 0.267 e. The van der Waals surface area contributed by atoms with Crippen molar-refractivity contribution in [3.8, 4) is 0 Å². The molecule has 0 saturated carbocycles. The molecule has 0 spiro atoms. The van der Waals surface area contributed by atoms with E-state index in [0.29, 0.717) is 11.3 Å². The molecule has 1 unspecified atom stereocenters. The summed E-state index contributed by atoms with van der Waals surface area (Å²) in [6.45, 7) is 1.64. The van der Waals surface area contributed by atoms with Crippen LogP contribution in [0.25, 0.3) is 0 Å². The molecule has 1 aliphatic rings. The largest absolute Gasteiger partial charge is 0.299 e. The van der Waals surface area contributed by atoms with Gasteiger partial charge in [-0.25, -0.2) is 13.6 Å². The summed E-state index contributed by atoms with van der Waals surface area (Å²) in [4.78, 5) is 38.4. The topological polar surface area (TPSA) is 152 Å². The minimum absolute atomic E-state index is 0.103. The quantitative estimate of drug-likeness (QED) is 0.541. The lowest BCUT2D eigenvalue weighted by Gasteiger charge is -2.23. The van der Waals surface area contributed by atoms with Crippen LogP contribution in [0.4, 0.5) is 5.13 Å². The summed E-state index contributed by atoms with van der Waals surface area (Å²) in [5.74, 6) is -1.80. The van der Waals surface area contributed by atoms with Crippen LogP contribution in [-0.2, 0) is 14.8 Å². The Kier molecular flexibility index (Phi) is 4.56. The SMILES string of the molecule is CCC(C(=O)Nc1nnc(S(N)(=O)=O)s1)N1C(=O)c2ccccc2C1=O. The van der Waals surface area contributed by atoms with E-state index >= 15 is 0 Å². The second-order valence-electron chi connectivity index (χ2n) is 5.36. The first-order valence-corrected chi connectivity index (χ1v) is 9.74. The van der Waals surface area contributed by atoms with Gasteiger partial charge in [0, 0.05) is 0 Å². The van der Waals surface area contributed by atoms with Crippen LogP contribution >= 0.6 is 11.3 Å². The van der Waals surface area contributed by atoms with E-state index in [0.717, 1.165) is 4.90 Å². The molecule has 1 aliphatic heterocycles. The second-order valence-corrected chi connectivity index (χ2v) is 8.07. The Morgan fingerprint density at radius 3 is 2.27 bits per heavy atom. The monoisotopic (exact) mass is 395 g/mol. The third-order valence-electron chi connectivity index (χ3n) is 3.71. The van der Waals surface area contributed by atoms with Crippen molar-refractivity contribution in [1.82, 2.24) is 15.1 Å². The molecular weight excluding hydrogens is 382 g/mol. The third kappa shape index (κ3) is 3.09. The Bertz CT molecular complexity index is 981. The standard InChI is InChI=1S/C14H13N5O5S2/c1-2-9(10(20)16-13-17-18-14(25-13)26(15,23)24)19-11(21)7-5-3-4-6-8(7)12(19)22/h3-6,9H,2H2,1H3,(H2,15,23,24)(H,16,17,20). The number of benzene rings is 1. The number of nitrogens with one attached hydrogen (secondary N) is 1. The molecule has 2 aromatic rings. The van der Waals surface area contributed by atoms with Crippen molar-refractivity contribution in [2.75, 3.05) is 5.32 Å². The summed E-state index contributed by atoms with van der Waals surface area (Å²) >= 11 is 0.572. The van der Waals surface area contributed by atoms with Crippen molar-refractivity contribution in [1.29, 1.82) is 0 Å². The number of nitrogens with two attached hydrogens (primary N) is 1. The van der Waals surface area contributed by atoms with Gasteiger partial charge in [0.25, 0.3) is 21.8 Å². The fraction of sp³-hybridized carbons (Fsp3) is 0.214. The molecule has 0 fully saturated rings. The lowest BCUT2D eigenvalue weighted by atomic mass is 10.1. The number of amides is 3. The number of nitrogens with zero attached hydrogens (tertiary/aromatic N) is 3. The highest BCUT2D eigenvalue weighted by atomic mass is 32.2. The van der Waals surface area contributed by atoms with Crippen molar-refractivity contribution >= 4 is 44.2 Å². The van der Waals surface area contributed by atoms with Crippen LogP contribution in [-0.4, -0.2) is 47.3 Å². The Labute approximate surface area is 152 Å². The number of hydrogen-bond donors (Lipinski definition) is 2. The molecule has 1 atom stereocenters. The van der Waals surface area contributed by atoms with Crippen LogP contribution in [0.2, 0.25) is 0 Å². The molecular formula is C14H13N5O5S2. The molecule has 3 rings (SSSR count). The summed E-state index contributed by atoms with van der Waals surface area (Å²) in [6.07, 6.45) is 0.165. The Morgan fingerprint density at radius 2 is 1.81 bits per heavy atom. The summed E-state index contributed by atoms with van der Waals surface area (Å²) < 4.78 is 22.0. The zero-order chi connectivity index (χ0) is 19.1. The predicted octanol–water partition coefficient (Wildman–Crippen LogP) is 0.199. The third-order valence-corrected chi connectivity index (χ3v) is 5.86. The Balaban J connectivity index is 1.83. The number of aromatic nitrogens is 2. The average molecular weight is 395 g/mol. The van der Waals surface area contributed by atoms with Crippen LogP contribution in [0.3, 0.4) is 0 Å². The van der Waals surface area contributed by atoms with Gasteiger partial charge in [-0.15, -0.1) is 10.2 Å². The van der Waals surface area contributed by atoms with E-state index in [1.807, 2.05) is 0 Å². The van der Waals surface area contributed by atoms with Gasteiger partial charge in [0.05, 0.1) is 11.1 Å². The molecule has 3 N–H and O–H groups in total. The van der Waals surface area contributed by atoms with Crippen LogP contribution in [0.15, 0.2) is 28.6 Å². The van der Waals surface area contributed by atoms with Gasteiger partial charge in [-0.2, -0.15) is 0 Å². The maximum atomic E-state index is 12.5. The van der Waals surface area contributed by atoms with Gasteiger partial charge in [0.1, 0.15) is 6.04 Å². The molecule has 0 radical (unpaired) electrons. The van der Waals surface area contributed by atoms with Crippen molar-refractivity contribution in [3.05, 3.63) is 35.4 Å². The molecule has 10 nitrogen and oxygen atoms in total. The van der Waals surface area contributed by atoms with E-state index in [2.05, 4.69) is 15.5 Å². The molecule has 2 heterocycles. The van der Waals surface area contributed by atoms with Crippen LogP contribution in [0.1, 0.15) is 34.1 Å². The number of rotatable bonds is 5. The molecule has 3 amide bonds. The van der Waals surface area contributed by atoms with E-state index in [-0.39, 0.29) is 22.7 Å². The first kappa shape index (κ1) is 18.1. The number of carbonyl (C=O) groups excluding carboxylic acids is 3. The minimum Gasteiger partial charge on any atom is -0.299 e. The van der Waals surface area contributed by atoms with Gasteiger partial charge >= 0.3 is 0 Å². The summed E-state index contributed by atoms with van der Waals surface area (Å²) in [7, 11) is -4.04. The molecule has 26 heavy (non-hydrogen) atoms. The highest BCUT2D eigenvalue weighted by molar-refractivity contribution is 7.91. The number of anilines is 1. The Hall–Kier alpha value is -2.70. The lowest BCUT2D eigenvalue weighted by molar-refractivity contribution is -0.120. The molecule has 0 saturated heterocycles. The van der Waals surface area contributed by atoms with E-state index < -0.39 is 38.1 Å². The highest BCUT2D eigenvalue weighted by Gasteiger charge is 2.42. The van der Waals surface area contributed by atoms with Crippen LogP contribution in [0, 0.1) is 0 Å². The van der Waals surface area contributed by atoms with Gasteiger partial charge in [-0.3, -0.25) is 24.6 Å². The minimum atomic E-state index is -4.04. The van der Waals surface area contributed by atoms with Crippen LogP contribution < -0.4 is 10.5 Å². The number of sulfonamides is 1. The van der Waals surface area contributed by atoms with Gasteiger partial charge in [0.15, 0.2) is 0 Å². The van der Waals surface area contributed by atoms with Crippen molar-refractivity contribution in [2.24, 2.45) is 5.14 Å². The molecule has 1 aromatic carbocycles. The van der Waals surface area contributed by atoms with E-state index in [1.54, 1.807) is 19.1 Å². The maximum Gasteiger partial charge on any atom is 0.267 e. The summed E-state index contributed by atoms with van der Waals surface area (Å²) in [5, 5.41) is 14.1. The first-order valence-electron chi connectivity index (χ1n) is 7.38. The fourth-order valence-corrected chi connectivity index (χ4v) is 3.88. The molecule has 1 aromatic heterocycles. The zero-order valence-corrected chi connectivity index (χ0v) is 15.0. The molecule has 12 heteroatoms. The first-order chi connectivity index (χ1) is 12.2. The van der Waals surface area contributed by atoms with Gasteiger partial charge in [-0.1, -0.05) is 30.4 Å². The van der Waals surface area contributed by atoms with Crippen molar-refractivity contribution < 1.29 is 22.8 Å². The Morgan fingerprint density at radius 1 is 1.23 bits per heavy atom. The van der Waals surface area contributed by atoms with Gasteiger partial charge in [-0.05, 0) is 18.6 Å². The lowest BCUT2D eigenvalue weighted by Crippen LogP contribution is -2.46. The summed E-state index contributed by atoms with van der Waals surface area (Å²) in [5.41, 5.74) is 0.465. The fourth-order valence-electron chi connectivity index (χ4n) is 2.54. The van der Waals surface area contributed by atoms with E-state index in [4.69, 9.17) is 5.14 Å². The van der Waals surface area contributed by atoms with Gasteiger partial charge < -0.3 is 0 Å². The molecule has 0 aliphatic carbocycles. The normalized spacial score (nSPS) is 15.1. The van der Waals surface area contributed by atoms with Crippen LogP contribution in [0.5, 0.6) is 0 Å². The number of primary sulfonamides is 1. The van der Waals surface area contributed by atoms with Crippen molar-refractivity contribution in [2.45, 2.75) is 23.7 Å². The van der Waals surface area contributed by atoms with E-state index in [1.165, 1.54) is 12.1 Å². The van der Waals surface area contributed by atoms with Gasteiger partial charge in [0.2, 0.25) is 15.4 Å². The number of carbonyl (C=O) groups is 3. The van der Waals surface area contributed by atoms with E-state index in [9.17, 15) is 22.8 Å². The maximum absolute atomic E-state index is 12.5. The summed E-state index contributed by atoms with van der Waals surface area (Å²) in [6, 6.07) is 5.21. The second kappa shape index (κ2) is 6.55. The predicted molar refractivity (Wildman–Crippen MR) is 90.9 cm³/mol. The van der Waals surface area contributed by atoms with Crippen molar-refractivity contribution in [3.63, 3.8) is 0 Å². The number of hydrogen-bond acceptors (Lipinski definition) is 8.